The van der Waals surface area contributed by atoms with Crippen molar-refractivity contribution in [1.29, 1.82) is 5.26 Å². The third-order valence-corrected chi connectivity index (χ3v) is 4.42. The van der Waals surface area contributed by atoms with Crippen LogP contribution in [0.4, 0.5) is 5.69 Å². The summed E-state index contributed by atoms with van der Waals surface area (Å²) < 4.78 is 10.8. The second-order valence-corrected chi connectivity index (χ2v) is 6.34. The first-order chi connectivity index (χ1) is 13.0. The number of hydrogen-bond donors (Lipinski definition) is 0. The minimum atomic E-state index is -0.907. The second-order valence-electron chi connectivity index (χ2n) is 6.34. The fourth-order valence-corrected chi connectivity index (χ4v) is 2.97. The van der Waals surface area contributed by atoms with Crippen LogP contribution in [0.2, 0.25) is 0 Å². The van der Waals surface area contributed by atoms with E-state index >= 15 is 0 Å². The Kier molecular flexibility index (Phi) is 5.41. The monoisotopic (exact) mass is 364 g/mol. The first kappa shape index (κ1) is 18.5. The van der Waals surface area contributed by atoms with Crippen LogP contribution in [-0.4, -0.2) is 30.6 Å². The largest absolute Gasteiger partial charge is 0.479 e. The molecular formula is C21H20N2O4. The highest BCUT2D eigenvalue weighted by Crippen LogP contribution is 2.28. The molecule has 0 radical (unpaired) electrons. The second kappa shape index (κ2) is 7.92. The molecule has 0 saturated carbocycles. The number of para-hydroxylation sites is 1. The summed E-state index contributed by atoms with van der Waals surface area (Å²) in [6.45, 7) is 3.70. The summed E-state index contributed by atoms with van der Waals surface area (Å²) in [6.07, 6.45) is -0.990. The van der Waals surface area contributed by atoms with Crippen molar-refractivity contribution in [2.24, 2.45) is 0 Å². The van der Waals surface area contributed by atoms with Crippen molar-refractivity contribution >= 4 is 17.6 Å². The number of carbonyl (C=O) groups excluding carboxylic acids is 2. The third-order valence-electron chi connectivity index (χ3n) is 4.42. The fourth-order valence-electron chi connectivity index (χ4n) is 2.97. The quantitative estimate of drug-likeness (QED) is 0.762. The molecule has 1 aliphatic rings. The Bertz CT molecular complexity index is 886. The van der Waals surface area contributed by atoms with E-state index in [-0.39, 0.29) is 5.91 Å². The lowest BCUT2D eigenvalue weighted by Crippen LogP contribution is -2.41. The van der Waals surface area contributed by atoms with Crippen molar-refractivity contribution in [1.82, 2.24) is 0 Å². The van der Waals surface area contributed by atoms with Gasteiger partial charge in [-0.15, -0.1) is 0 Å². The highest BCUT2D eigenvalue weighted by molar-refractivity contribution is 5.99. The van der Waals surface area contributed by atoms with Gasteiger partial charge in [-0.1, -0.05) is 18.2 Å². The number of fused-ring (bicyclic) bond motifs is 1. The molecule has 2 aromatic rings. The van der Waals surface area contributed by atoms with Gasteiger partial charge in [0.15, 0.2) is 12.2 Å². The van der Waals surface area contributed by atoms with Crippen LogP contribution in [0.3, 0.4) is 0 Å². The summed E-state index contributed by atoms with van der Waals surface area (Å²) >= 11 is 0. The van der Waals surface area contributed by atoms with Crippen LogP contribution in [0, 0.1) is 11.3 Å². The summed E-state index contributed by atoms with van der Waals surface area (Å²) in [7, 11) is 0. The maximum absolute atomic E-state index is 12.7. The van der Waals surface area contributed by atoms with Gasteiger partial charge in [0, 0.05) is 12.2 Å². The van der Waals surface area contributed by atoms with Crippen LogP contribution >= 0.6 is 0 Å². The lowest BCUT2D eigenvalue weighted by atomic mass is 10.2. The van der Waals surface area contributed by atoms with Crippen LogP contribution in [0.5, 0.6) is 5.75 Å². The number of esters is 1. The molecule has 27 heavy (non-hydrogen) atoms. The Morgan fingerprint density at radius 2 is 1.78 bits per heavy atom. The topological polar surface area (TPSA) is 79.6 Å². The van der Waals surface area contributed by atoms with Gasteiger partial charge in [0.25, 0.3) is 5.91 Å². The number of benzene rings is 2. The molecule has 6 nitrogen and oxygen atoms in total. The minimum Gasteiger partial charge on any atom is -0.479 e. The molecular weight excluding hydrogens is 344 g/mol. The smallest absolute Gasteiger partial charge is 0.347 e. The summed E-state index contributed by atoms with van der Waals surface area (Å²) in [4.78, 5) is 26.6. The maximum Gasteiger partial charge on any atom is 0.347 e. The van der Waals surface area contributed by atoms with Crippen LogP contribution in [-0.2, 0) is 20.7 Å². The van der Waals surface area contributed by atoms with Gasteiger partial charge in [0.05, 0.1) is 11.6 Å². The number of ether oxygens (including phenoxy) is 2. The van der Waals surface area contributed by atoms with Gasteiger partial charge in [-0.3, -0.25) is 4.79 Å². The Morgan fingerprint density at radius 1 is 1.07 bits per heavy atom. The average molecular weight is 364 g/mol. The predicted molar refractivity (Wildman–Crippen MR) is 99.3 cm³/mol. The molecule has 0 bridgehead atoms. The number of nitriles is 1. The van der Waals surface area contributed by atoms with E-state index in [1.807, 2.05) is 30.3 Å². The predicted octanol–water partition coefficient (Wildman–Crippen LogP) is 2.85. The summed E-state index contributed by atoms with van der Waals surface area (Å²) in [6, 6.07) is 16.1. The summed E-state index contributed by atoms with van der Waals surface area (Å²) in [5, 5.41) is 8.80. The molecule has 0 aromatic heterocycles. The van der Waals surface area contributed by atoms with E-state index in [9.17, 15) is 9.59 Å². The van der Waals surface area contributed by atoms with Crippen molar-refractivity contribution < 1.29 is 19.1 Å². The standard InChI is InChI=1S/C21H20N2O4/c1-14(20(24)23-12-11-17-5-3-4-6-19(17)23)27-21(25)15(2)26-18-9-7-16(13-22)8-10-18/h3-10,14-15H,11-12H2,1-2H3/t14-,15-/m0/s1. The zero-order valence-corrected chi connectivity index (χ0v) is 15.2. The highest BCUT2D eigenvalue weighted by atomic mass is 16.6. The molecule has 1 aliphatic heterocycles. The van der Waals surface area contributed by atoms with Crippen LogP contribution in [0.1, 0.15) is 25.0 Å². The van der Waals surface area contributed by atoms with Crippen LogP contribution in [0.15, 0.2) is 48.5 Å². The molecule has 2 aromatic carbocycles. The molecule has 0 fully saturated rings. The van der Waals surface area contributed by atoms with E-state index in [2.05, 4.69) is 0 Å². The Balaban J connectivity index is 1.58. The van der Waals surface area contributed by atoms with Crippen molar-refractivity contribution in [2.75, 3.05) is 11.4 Å². The molecule has 0 N–H and O–H groups in total. The molecule has 3 rings (SSSR count). The molecule has 0 unspecified atom stereocenters. The number of rotatable bonds is 5. The average Bonchev–Trinajstić information content (AvgIpc) is 3.12. The molecule has 0 aliphatic carbocycles. The molecule has 1 amide bonds. The van der Waals surface area contributed by atoms with E-state index in [1.54, 1.807) is 43.0 Å². The number of carbonyl (C=O) groups is 2. The Morgan fingerprint density at radius 3 is 2.48 bits per heavy atom. The number of anilines is 1. The van der Waals surface area contributed by atoms with Crippen molar-refractivity contribution in [3.63, 3.8) is 0 Å². The normalized spacial score (nSPS) is 14.6. The van der Waals surface area contributed by atoms with E-state index in [1.165, 1.54) is 0 Å². The van der Waals surface area contributed by atoms with Gasteiger partial charge in [0.1, 0.15) is 5.75 Å². The van der Waals surface area contributed by atoms with Gasteiger partial charge < -0.3 is 14.4 Å². The van der Waals surface area contributed by atoms with Gasteiger partial charge in [-0.2, -0.15) is 5.26 Å². The van der Waals surface area contributed by atoms with Gasteiger partial charge in [-0.25, -0.2) is 4.79 Å². The number of amides is 1. The first-order valence-electron chi connectivity index (χ1n) is 8.76. The van der Waals surface area contributed by atoms with E-state index in [0.29, 0.717) is 17.9 Å². The maximum atomic E-state index is 12.7. The van der Waals surface area contributed by atoms with Gasteiger partial charge in [-0.05, 0) is 56.2 Å². The highest BCUT2D eigenvalue weighted by Gasteiger charge is 2.31. The molecule has 0 spiro atoms. The SMILES string of the molecule is C[C@H](Oc1ccc(C#N)cc1)C(=O)O[C@@H](C)C(=O)N1CCc2ccccc21. The van der Waals surface area contributed by atoms with E-state index in [0.717, 1.165) is 17.7 Å². The van der Waals surface area contributed by atoms with Crippen LogP contribution < -0.4 is 9.64 Å². The summed E-state index contributed by atoms with van der Waals surface area (Å²) in [5.74, 6) is -0.419. The minimum absolute atomic E-state index is 0.251. The van der Waals surface area contributed by atoms with Gasteiger partial charge >= 0.3 is 5.97 Å². The number of nitrogens with zero attached hydrogens (tertiary/aromatic N) is 2. The van der Waals surface area contributed by atoms with Crippen molar-refractivity contribution in [3.8, 4) is 11.8 Å². The summed E-state index contributed by atoms with van der Waals surface area (Å²) in [5.41, 5.74) is 2.48. The Hall–Kier alpha value is -3.33. The first-order valence-corrected chi connectivity index (χ1v) is 8.76. The van der Waals surface area contributed by atoms with Crippen molar-refractivity contribution in [3.05, 3.63) is 59.7 Å². The Labute approximate surface area is 157 Å². The molecule has 0 saturated heterocycles. The van der Waals surface area contributed by atoms with Crippen molar-refractivity contribution in [2.45, 2.75) is 32.5 Å². The fraction of sp³-hybridized carbons (Fsp3) is 0.286. The van der Waals surface area contributed by atoms with E-state index < -0.39 is 18.2 Å². The lowest BCUT2D eigenvalue weighted by Gasteiger charge is -2.23. The van der Waals surface area contributed by atoms with Crippen LogP contribution in [0.25, 0.3) is 0 Å². The molecule has 6 heteroatoms. The van der Waals surface area contributed by atoms with E-state index in [4.69, 9.17) is 14.7 Å². The molecule has 1 heterocycles. The third kappa shape index (κ3) is 4.09. The zero-order valence-electron chi connectivity index (χ0n) is 15.2. The number of hydrogen-bond acceptors (Lipinski definition) is 5. The molecule has 138 valence electrons. The van der Waals surface area contributed by atoms with Gasteiger partial charge in [0.2, 0.25) is 0 Å². The lowest BCUT2D eigenvalue weighted by molar-refractivity contribution is -0.160. The molecule has 2 atom stereocenters. The zero-order chi connectivity index (χ0) is 19.4.